The van der Waals surface area contributed by atoms with Crippen molar-refractivity contribution in [3.63, 3.8) is 0 Å². The fourth-order valence-electron chi connectivity index (χ4n) is 7.02. The summed E-state index contributed by atoms with van der Waals surface area (Å²) in [4.78, 5) is 10.4. The Bertz CT molecular complexity index is 2630. The van der Waals surface area contributed by atoms with Crippen LogP contribution in [0.2, 0.25) is 0 Å². The summed E-state index contributed by atoms with van der Waals surface area (Å²) < 4.78 is 6.54. The van der Waals surface area contributed by atoms with Gasteiger partial charge in [0.25, 0.3) is 0 Å². The van der Waals surface area contributed by atoms with Crippen molar-refractivity contribution in [2.75, 3.05) is 0 Å². The van der Waals surface area contributed by atoms with E-state index >= 15 is 0 Å². The first-order valence-corrected chi connectivity index (χ1v) is 14.6. The molecule has 0 N–H and O–H groups in total. The summed E-state index contributed by atoms with van der Waals surface area (Å²) in [7, 11) is 0. The van der Waals surface area contributed by atoms with Crippen LogP contribution >= 0.6 is 0 Å². The van der Waals surface area contributed by atoms with Crippen molar-refractivity contribution >= 4 is 54.4 Å². The van der Waals surface area contributed by atoms with Crippen molar-refractivity contribution in [2.45, 2.75) is 0 Å². The van der Waals surface area contributed by atoms with Crippen LogP contribution in [-0.4, -0.2) is 9.97 Å². The molecular weight excluding hydrogens is 524 g/mol. The first kappa shape index (κ1) is 22.8. The number of rotatable bonds is 2. The first-order valence-electron chi connectivity index (χ1n) is 14.6. The third-order valence-electron chi connectivity index (χ3n) is 8.97. The summed E-state index contributed by atoms with van der Waals surface area (Å²) in [6.07, 6.45) is 0. The van der Waals surface area contributed by atoms with Crippen molar-refractivity contribution in [1.82, 2.24) is 9.97 Å². The quantitative estimate of drug-likeness (QED) is 0.216. The highest BCUT2D eigenvalue weighted by Gasteiger charge is 2.27. The predicted octanol–water partition coefficient (Wildman–Crippen LogP) is 10.8. The van der Waals surface area contributed by atoms with Gasteiger partial charge in [0.05, 0.1) is 11.2 Å². The lowest BCUT2D eigenvalue weighted by atomic mass is 9.98. The van der Waals surface area contributed by atoms with E-state index in [9.17, 15) is 0 Å². The highest BCUT2D eigenvalue weighted by atomic mass is 16.3. The largest absolute Gasteiger partial charge is 0.455 e. The number of para-hydroxylation sites is 2. The van der Waals surface area contributed by atoms with Gasteiger partial charge in [0.2, 0.25) is 0 Å². The second kappa shape index (κ2) is 8.37. The van der Waals surface area contributed by atoms with Gasteiger partial charge in [0, 0.05) is 32.8 Å². The van der Waals surface area contributed by atoms with Crippen molar-refractivity contribution in [1.29, 1.82) is 0 Å². The highest BCUT2D eigenvalue weighted by molar-refractivity contribution is 6.23. The summed E-state index contributed by atoms with van der Waals surface area (Å²) in [5.41, 5.74) is 10.6. The van der Waals surface area contributed by atoms with Gasteiger partial charge in [0.1, 0.15) is 11.2 Å². The lowest BCUT2D eigenvalue weighted by Crippen LogP contribution is -1.95. The lowest BCUT2D eigenvalue weighted by molar-refractivity contribution is 0.670. The summed E-state index contributed by atoms with van der Waals surface area (Å²) in [5.74, 6) is 0.718. The Morgan fingerprint density at radius 2 is 1.26 bits per heavy atom. The van der Waals surface area contributed by atoms with Crippen LogP contribution < -0.4 is 0 Å². The molecule has 1 aliphatic carbocycles. The molecular formula is C40H22N2O. The van der Waals surface area contributed by atoms with Crippen LogP contribution in [0.25, 0.3) is 99.3 Å². The van der Waals surface area contributed by atoms with Crippen molar-refractivity contribution in [3.8, 4) is 44.9 Å². The second-order valence-corrected chi connectivity index (χ2v) is 11.4. The number of fused-ring (bicyclic) bond motifs is 9. The minimum absolute atomic E-state index is 0.718. The first-order chi connectivity index (χ1) is 21.3. The Morgan fingerprint density at radius 3 is 2.21 bits per heavy atom. The van der Waals surface area contributed by atoms with Gasteiger partial charge in [0.15, 0.2) is 5.82 Å². The number of hydrogen-bond donors (Lipinski definition) is 0. The molecule has 9 aromatic rings. The molecule has 198 valence electrons. The fraction of sp³-hybridized carbons (Fsp3) is 0. The van der Waals surface area contributed by atoms with Crippen LogP contribution in [0.1, 0.15) is 0 Å². The number of hydrogen-bond acceptors (Lipinski definition) is 3. The van der Waals surface area contributed by atoms with Crippen LogP contribution in [0.4, 0.5) is 0 Å². The topological polar surface area (TPSA) is 38.9 Å². The molecule has 0 unspecified atom stereocenters. The zero-order valence-corrected chi connectivity index (χ0v) is 23.0. The third-order valence-corrected chi connectivity index (χ3v) is 8.97. The van der Waals surface area contributed by atoms with E-state index in [1.807, 2.05) is 18.2 Å². The molecule has 0 bridgehead atoms. The summed E-state index contributed by atoms with van der Waals surface area (Å²) >= 11 is 0. The summed E-state index contributed by atoms with van der Waals surface area (Å²) in [5, 5.41) is 8.17. The van der Waals surface area contributed by atoms with E-state index < -0.39 is 0 Å². The maximum atomic E-state index is 6.54. The van der Waals surface area contributed by atoms with Gasteiger partial charge < -0.3 is 4.42 Å². The summed E-state index contributed by atoms with van der Waals surface area (Å²) in [6.45, 7) is 0. The number of aromatic nitrogens is 2. The van der Waals surface area contributed by atoms with E-state index in [4.69, 9.17) is 14.4 Å². The normalized spacial score (nSPS) is 12.2. The van der Waals surface area contributed by atoms with Gasteiger partial charge in [-0.05, 0) is 74.6 Å². The van der Waals surface area contributed by atoms with Gasteiger partial charge in [-0.25, -0.2) is 9.97 Å². The Hall–Kier alpha value is -5.80. The van der Waals surface area contributed by atoms with E-state index in [0.717, 1.165) is 61.1 Å². The van der Waals surface area contributed by atoms with E-state index in [-0.39, 0.29) is 0 Å². The molecule has 3 heteroatoms. The molecule has 43 heavy (non-hydrogen) atoms. The molecule has 10 rings (SSSR count). The van der Waals surface area contributed by atoms with Crippen LogP contribution in [-0.2, 0) is 0 Å². The van der Waals surface area contributed by atoms with Gasteiger partial charge in [-0.3, -0.25) is 0 Å². The Balaban J connectivity index is 1.25. The second-order valence-electron chi connectivity index (χ2n) is 11.4. The SMILES string of the molecule is c1ccc2cc(-c3nc(-c4cc5c6c(cccc6c4)-c4ccc6c(oc7ccccc76)c4-5)nc4ccccc34)ccc2c1. The highest BCUT2D eigenvalue weighted by Crippen LogP contribution is 2.52. The fourth-order valence-corrected chi connectivity index (χ4v) is 7.02. The van der Waals surface area contributed by atoms with Crippen LogP contribution in [0.5, 0.6) is 0 Å². The third kappa shape index (κ3) is 3.19. The summed E-state index contributed by atoms with van der Waals surface area (Å²) in [6, 6.07) is 47.1. The van der Waals surface area contributed by atoms with Crippen LogP contribution in [0, 0.1) is 0 Å². The zero-order valence-electron chi connectivity index (χ0n) is 23.0. The Labute approximate surface area is 246 Å². The van der Waals surface area contributed by atoms with Gasteiger partial charge in [-0.15, -0.1) is 0 Å². The molecule has 0 atom stereocenters. The van der Waals surface area contributed by atoms with E-state index in [2.05, 4.69) is 115 Å². The zero-order chi connectivity index (χ0) is 28.1. The Morgan fingerprint density at radius 1 is 0.465 bits per heavy atom. The average Bonchev–Trinajstić information content (AvgIpc) is 3.61. The molecule has 0 fully saturated rings. The standard InChI is InChI=1S/C40H22N2O/c1-2-9-24-20-26(17-16-23(24)8-1)38-32-12-3-5-14-34(32)41-40(42-38)27-21-25-10-7-13-29-30-18-19-31-28-11-4-6-15-35(28)43-39(31)37(30)33(22-27)36(25)29/h1-22H. The number of nitrogens with zero attached hydrogens (tertiary/aromatic N) is 2. The van der Waals surface area contributed by atoms with E-state index in [1.165, 1.54) is 38.2 Å². The average molecular weight is 547 g/mol. The molecule has 2 heterocycles. The smallest absolute Gasteiger partial charge is 0.160 e. The molecule has 0 saturated carbocycles. The molecule has 0 spiro atoms. The van der Waals surface area contributed by atoms with E-state index in [0.29, 0.717) is 0 Å². The molecule has 0 saturated heterocycles. The molecule has 1 aliphatic rings. The maximum Gasteiger partial charge on any atom is 0.160 e. The molecule has 0 aliphatic heterocycles. The van der Waals surface area contributed by atoms with Crippen molar-refractivity contribution in [3.05, 3.63) is 133 Å². The minimum atomic E-state index is 0.718. The van der Waals surface area contributed by atoms with Gasteiger partial charge in [-0.1, -0.05) is 97.1 Å². The lowest BCUT2D eigenvalue weighted by Gasteiger charge is -2.12. The van der Waals surface area contributed by atoms with Gasteiger partial charge >= 0.3 is 0 Å². The monoisotopic (exact) mass is 546 g/mol. The molecule has 7 aromatic carbocycles. The van der Waals surface area contributed by atoms with Crippen molar-refractivity contribution in [2.24, 2.45) is 0 Å². The van der Waals surface area contributed by atoms with Gasteiger partial charge in [-0.2, -0.15) is 0 Å². The van der Waals surface area contributed by atoms with E-state index in [1.54, 1.807) is 0 Å². The minimum Gasteiger partial charge on any atom is -0.455 e. The molecule has 0 amide bonds. The molecule has 3 nitrogen and oxygen atoms in total. The predicted molar refractivity (Wildman–Crippen MR) is 177 cm³/mol. The molecule has 2 aromatic heterocycles. The maximum absolute atomic E-state index is 6.54. The number of furan rings is 1. The van der Waals surface area contributed by atoms with Crippen molar-refractivity contribution < 1.29 is 4.42 Å². The van der Waals surface area contributed by atoms with Crippen LogP contribution in [0.15, 0.2) is 138 Å². The number of benzene rings is 7. The van der Waals surface area contributed by atoms with Crippen LogP contribution in [0.3, 0.4) is 0 Å². The Kier molecular flexibility index (Phi) is 4.45. The molecule has 0 radical (unpaired) electrons.